The highest BCUT2D eigenvalue weighted by atomic mass is 16.5. The Morgan fingerprint density at radius 3 is 2.50 bits per heavy atom. The summed E-state index contributed by atoms with van der Waals surface area (Å²) in [7, 11) is 1.75. The second-order valence-electron chi connectivity index (χ2n) is 4.92. The molecule has 0 saturated carbocycles. The number of rotatable bonds is 5. The summed E-state index contributed by atoms with van der Waals surface area (Å²) in [4.78, 5) is 0. The Morgan fingerprint density at radius 2 is 1.94 bits per heavy atom. The van der Waals surface area contributed by atoms with Crippen LogP contribution in [-0.4, -0.2) is 19.3 Å². The van der Waals surface area contributed by atoms with Crippen LogP contribution in [0.1, 0.15) is 37.9 Å². The molecule has 1 unspecified atom stereocenters. The van der Waals surface area contributed by atoms with Crippen molar-refractivity contribution in [1.82, 2.24) is 5.32 Å². The Kier molecular flexibility index (Phi) is 4.51. The average molecular weight is 221 g/mol. The van der Waals surface area contributed by atoms with Crippen molar-refractivity contribution in [2.75, 3.05) is 13.7 Å². The van der Waals surface area contributed by atoms with Crippen LogP contribution < -0.4 is 5.32 Å². The molecule has 0 radical (unpaired) electrons. The van der Waals surface area contributed by atoms with Crippen molar-refractivity contribution in [3.8, 4) is 0 Å². The van der Waals surface area contributed by atoms with Gasteiger partial charge >= 0.3 is 0 Å². The molecule has 0 aliphatic carbocycles. The van der Waals surface area contributed by atoms with Gasteiger partial charge in [0.05, 0.1) is 5.60 Å². The minimum atomic E-state index is -0.114. The molecule has 90 valence electrons. The van der Waals surface area contributed by atoms with Gasteiger partial charge in [-0.05, 0) is 38.8 Å². The van der Waals surface area contributed by atoms with Crippen LogP contribution in [0.4, 0.5) is 0 Å². The molecule has 0 aromatic heterocycles. The Labute approximate surface area is 99.0 Å². The number of aryl methyl sites for hydroxylation is 1. The maximum Gasteiger partial charge on any atom is 0.0746 e. The fourth-order valence-electron chi connectivity index (χ4n) is 1.65. The van der Waals surface area contributed by atoms with Gasteiger partial charge in [0, 0.05) is 19.7 Å². The van der Waals surface area contributed by atoms with Gasteiger partial charge < -0.3 is 10.1 Å². The van der Waals surface area contributed by atoms with Crippen LogP contribution in [0.15, 0.2) is 24.3 Å². The van der Waals surface area contributed by atoms with E-state index in [-0.39, 0.29) is 5.60 Å². The molecule has 0 amide bonds. The van der Waals surface area contributed by atoms with E-state index in [0.717, 1.165) is 6.54 Å². The van der Waals surface area contributed by atoms with Crippen LogP contribution in [0.5, 0.6) is 0 Å². The van der Waals surface area contributed by atoms with Gasteiger partial charge in [-0.3, -0.25) is 0 Å². The van der Waals surface area contributed by atoms with E-state index in [9.17, 15) is 0 Å². The van der Waals surface area contributed by atoms with Crippen molar-refractivity contribution in [2.24, 2.45) is 0 Å². The number of benzene rings is 1. The van der Waals surface area contributed by atoms with Crippen molar-refractivity contribution in [1.29, 1.82) is 0 Å². The lowest BCUT2D eigenvalue weighted by Gasteiger charge is -2.26. The molecular formula is C14H23NO. The van der Waals surface area contributed by atoms with Crippen molar-refractivity contribution < 1.29 is 4.74 Å². The first-order valence-corrected chi connectivity index (χ1v) is 5.80. The predicted molar refractivity (Wildman–Crippen MR) is 68.7 cm³/mol. The Morgan fingerprint density at radius 1 is 1.31 bits per heavy atom. The lowest BCUT2D eigenvalue weighted by atomic mass is 10.0. The Balaban J connectivity index is 2.60. The maximum atomic E-state index is 5.39. The monoisotopic (exact) mass is 221 g/mol. The molecule has 0 saturated heterocycles. The zero-order valence-corrected chi connectivity index (χ0v) is 11.0. The van der Waals surface area contributed by atoms with Crippen LogP contribution >= 0.6 is 0 Å². The molecule has 0 spiro atoms. The maximum absolute atomic E-state index is 5.39. The molecule has 1 rings (SSSR count). The quantitative estimate of drug-likeness (QED) is 0.825. The number of hydrogen-bond donors (Lipinski definition) is 1. The number of methoxy groups -OCH3 is 1. The first kappa shape index (κ1) is 13.2. The summed E-state index contributed by atoms with van der Waals surface area (Å²) in [5.74, 6) is 0. The van der Waals surface area contributed by atoms with Gasteiger partial charge in [0.2, 0.25) is 0 Å². The van der Waals surface area contributed by atoms with E-state index in [4.69, 9.17) is 4.74 Å². The standard InChI is InChI=1S/C14H23NO/c1-11-8-6-7-9-13(11)12(2)15-10-14(3,4)16-5/h6-9,12,15H,10H2,1-5H3. The van der Waals surface area contributed by atoms with Crippen LogP contribution in [0, 0.1) is 6.92 Å². The van der Waals surface area contributed by atoms with E-state index >= 15 is 0 Å². The molecule has 1 N–H and O–H groups in total. The molecule has 1 aromatic carbocycles. The third-order valence-electron chi connectivity index (χ3n) is 3.04. The van der Waals surface area contributed by atoms with Crippen LogP contribution in [0.3, 0.4) is 0 Å². The van der Waals surface area contributed by atoms with E-state index in [0.29, 0.717) is 6.04 Å². The zero-order chi connectivity index (χ0) is 12.2. The summed E-state index contributed by atoms with van der Waals surface area (Å²) in [6.45, 7) is 9.36. The van der Waals surface area contributed by atoms with Gasteiger partial charge in [0.15, 0.2) is 0 Å². The van der Waals surface area contributed by atoms with E-state index in [1.165, 1.54) is 11.1 Å². The molecule has 0 bridgehead atoms. The molecule has 2 heteroatoms. The van der Waals surface area contributed by atoms with E-state index in [1.54, 1.807) is 7.11 Å². The van der Waals surface area contributed by atoms with Gasteiger partial charge in [0.25, 0.3) is 0 Å². The molecular weight excluding hydrogens is 198 g/mol. The SMILES string of the molecule is COC(C)(C)CNC(C)c1ccccc1C. The third kappa shape index (κ3) is 3.62. The summed E-state index contributed by atoms with van der Waals surface area (Å²) in [6.07, 6.45) is 0. The van der Waals surface area contributed by atoms with Crippen molar-refractivity contribution in [2.45, 2.75) is 39.3 Å². The molecule has 2 nitrogen and oxygen atoms in total. The van der Waals surface area contributed by atoms with Crippen molar-refractivity contribution >= 4 is 0 Å². The lowest BCUT2D eigenvalue weighted by molar-refractivity contribution is 0.0214. The largest absolute Gasteiger partial charge is 0.377 e. The van der Waals surface area contributed by atoms with Crippen LogP contribution in [0.25, 0.3) is 0 Å². The Bertz CT molecular complexity index is 333. The van der Waals surface area contributed by atoms with Gasteiger partial charge in [-0.25, -0.2) is 0 Å². The fourth-order valence-corrected chi connectivity index (χ4v) is 1.65. The normalized spacial score (nSPS) is 13.8. The third-order valence-corrected chi connectivity index (χ3v) is 3.04. The highest BCUT2D eigenvalue weighted by Crippen LogP contribution is 2.17. The topological polar surface area (TPSA) is 21.3 Å². The summed E-state index contributed by atoms with van der Waals surface area (Å²) < 4.78 is 5.39. The van der Waals surface area contributed by atoms with E-state index in [2.05, 4.69) is 57.3 Å². The summed E-state index contributed by atoms with van der Waals surface area (Å²) in [6, 6.07) is 8.84. The molecule has 0 heterocycles. The molecule has 0 aliphatic heterocycles. The summed E-state index contributed by atoms with van der Waals surface area (Å²) in [5, 5.41) is 3.51. The highest BCUT2D eigenvalue weighted by Gasteiger charge is 2.17. The smallest absolute Gasteiger partial charge is 0.0746 e. The van der Waals surface area contributed by atoms with Gasteiger partial charge in [-0.1, -0.05) is 24.3 Å². The Hall–Kier alpha value is -0.860. The summed E-state index contributed by atoms with van der Waals surface area (Å²) in [5.41, 5.74) is 2.57. The van der Waals surface area contributed by atoms with Crippen LogP contribution in [-0.2, 0) is 4.74 Å². The second kappa shape index (κ2) is 5.46. The van der Waals surface area contributed by atoms with E-state index < -0.39 is 0 Å². The predicted octanol–water partition coefficient (Wildman–Crippen LogP) is 3.07. The molecule has 1 aromatic rings. The number of hydrogen-bond acceptors (Lipinski definition) is 2. The summed E-state index contributed by atoms with van der Waals surface area (Å²) >= 11 is 0. The highest BCUT2D eigenvalue weighted by molar-refractivity contribution is 5.28. The first-order valence-electron chi connectivity index (χ1n) is 5.80. The second-order valence-corrected chi connectivity index (χ2v) is 4.92. The zero-order valence-electron chi connectivity index (χ0n) is 11.0. The molecule has 16 heavy (non-hydrogen) atoms. The van der Waals surface area contributed by atoms with Crippen molar-refractivity contribution in [3.05, 3.63) is 35.4 Å². The van der Waals surface area contributed by atoms with Gasteiger partial charge in [-0.2, -0.15) is 0 Å². The van der Waals surface area contributed by atoms with Crippen molar-refractivity contribution in [3.63, 3.8) is 0 Å². The van der Waals surface area contributed by atoms with Crippen LogP contribution in [0.2, 0.25) is 0 Å². The molecule has 1 atom stereocenters. The minimum absolute atomic E-state index is 0.114. The van der Waals surface area contributed by atoms with Gasteiger partial charge in [-0.15, -0.1) is 0 Å². The minimum Gasteiger partial charge on any atom is -0.377 e. The van der Waals surface area contributed by atoms with E-state index in [1.807, 2.05) is 0 Å². The number of ether oxygens (including phenoxy) is 1. The number of nitrogens with one attached hydrogen (secondary N) is 1. The first-order chi connectivity index (χ1) is 7.46. The van der Waals surface area contributed by atoms with Gasteiger partial charge in [0.1, 0.15) is 0 Å². The lowest BCUT2D eigenvalue weighted by Crippen LogP contribution is -2.38. The molecule has 0 aliphatic rings. The molecule has 0 fully saturated rings. The fraction of sp³-hybridized carbons (Fsp3) is 0.571. The average Bonchev–Trinajstić information content (AvgIpc) is 2.27.